The van der Waals surface area contributed by atoms with Crippen LogP contribution in [0.4, 0.5) is 0 Å². The molecule has 3 aromatic rings. The fourth-order valence-electron chi connectivity index (χ4n) is 2.02. The lowest BCUT2D eigenvalue weighted by Crippen LogP contribution is -2.10. The second-order valence-corrected chi connectivity index (χ2v) is 5.44. The van der Waals surface area contributed by atoms with Crippen molar-refractivity contribution in [2.24, 2.45) is 5.73 Å². The minimum absolute atomic E-state index is 0.0235. The zero-order valence-corrected chi connectivity index (χ0v) is 11.7. The van der Waals surface area contributed by atoms with Crippen LogP contribution < -0.4 is 5.73 Å². The molecule has 21 heavy (non-hydrogen) atoms. The summed E-state index contributed by atoms with van der Waals surface area (Å²) in [6.45, 7) is -0.0235. The number of carbonyl (C=O) groups excluding carboxylic acids is 1. The number of rotatable bonds is 4. The number of aliphatic hydroxyl groups is 1. The number of aromatic nitrogens is 3. The first kappa shape index (κ1) is 13.6. The van der Waals surface area contributed by atoms with E-state index in [2.05, 4.69) is 15.0 Å². The Morgan fingerprint density at radius 1 is 1.38 bits per heavy atom. The number of aromatic amines is 1. The van der Waals surface area contributed by atoms with Crippen molar-refractivity contribution in [3.63, 3.8) is 0 Å². The van der Waals surface area contributed by atoms with E-state index in [0.717, 1.165) is 10.5 Å². The molecule has 2 heterocycles. The number of carbonyl (C=O) groups is 1. The number of benzene rings is 1. The van der Waals surface area contributed by atoms with Gasteiger partial charge in [-0.15, -0.1) is 0 Å². The molecule has 0 spiro atoms. The Bertz CT molecular complexity index is 816. The maximum atomic E-state index is 11.5. The van der Waals surface area contributed by atoms with Crippen LogP contribution in [-0.2, 0) is 6.61 Å². The van der Waals surface area contributed by atoms with Crippen LogP contribution in [0.3, 0.4) is 0 Å². The molecule has 2 aromatic heterocycles. The average Bonchev–Trinajstić information content (AvgIpc) is 2.93. The highest BCUT2D eigenvalue weighted by Gasteiger charge is 2.15. The van der Waals surface area contributed by atoms with E-state index < -0.39 is 5.91 Å². The first-order valence-corrected chi connectivity index (χ1v) is 7.00. The van der Waals surface area contributed by atoms with Crippen molar-refractivity contribution in [3.8, 4) is 0 Å². The number of hydrogen-bond donors (Lipinski definition) is 3. The maximum absolute atomic E-state index is 11.5. The van der Waals surface area contributed by atoms with Gasteiger partial charge < -0.3 is 15.8 Å². The average molecular weight is 300 g/mol. The Balaban J connectivity index is 2.07. The van der Waals surface area contributed by atoms with Crippen molar-refractivity contribution in [2.75, 3.05) is 0 Å². The summed E-state index contributed by atoms with van der Waals surface area (Å²) < 4.78 is 0. The summed E-state index contributed by atoms with van der Waals surface area (Å²) in [5.74, 6) is -0.526. The van der Waals surface area contributed by atoms with Gasteiger partial charge in [0.2, 0.25) is 0 Å². The Labute approximate surface area is 124 Å². The Kier molecular flexibility index (Phi) is 3.59. The highest BCUT2D eigenvalue weighted by molar-refractivity contribution is 7.99. The molecule has 0 bridgehead atoms. The van der Waals surface area contributed by atoms with Gasteiger partial charge in [-0.25, -0.2) is 9.97 Å². The van der Waals surface area contributed by atoms with E-state index in [1.807, 2.05) is 24.3 Å². The lowest BCUT2D eigenvalue weighted by Gasteiger charge is -2.04. The van der Waals surface area contributed by atoms with Gasteiger partial charge in [0.15, 0.2) is 0 Å². The molecule has 7 heteroatoms. The molecule has 0 saturated carbocycles. The van der Waals surface area contributed by atoms with Gasteiger partial charge in [0.1, 0.15) is 17.0 Å². The number of amides is 1. The standard InChI is InChI=1S/C14H12N4O2S/c15-12(20)10-5-16-13-11(10)14(18-7-17-13)21-9-3-1-2-8(4-9)6-19/h1-5,7,19H,6H2,(H2,15,20)(H,16,17,18). The molecule has 106 valence electrons. The Hall–Kier alpha value is -2.38. The van der Waals surface area contributed by atoms with Gasteiger partial charge in [-0.2, -0.15) is 0 Å². The topological polar surface area (TPSA) is 105 Å². The number of aliphatic hydroxyl groups excluding tert-OH is 1. The molecular weight excluding hydrogens is 288 g/mol. The van der Waals surface area contributed by atoms with Crippen LogP contribution in [0, 0.1) is 0 Å². The van der Waals surface area contributed by atoms with Crippen LogP contribution in [0.15, 0.2) is 46.7 Å². The van der Waals surface area contributed by atoms with E-state index in [1.165, 1.54) is 24.3 Å². The molecule has 0 saturated heterocycles. The first-order chi connectivity index (χ1) is 10.2. The zero-order chi connectivity index (χ0) is 14.8. The van der Waals surface area contributed by atoms with E-state index in [9.17, 15) is 9.90 Å². The molecule has 1 amide bonds. The predicted octanol–water partition coefficient (Wildman–Crippen LogP) is 1.70. The normalized spacial score (nSPS) is 10.9. The lowest BCUT2D eigenvalue weighted by molar-refractivity contribution is 0.100. The molecule has 0 radical (unpaired) electrons. The minimum Gasteiger partial charge on any atom is -0.392 e. The molecule has 3 rings (SSSR count). The van der Waals surface area contributed by atoms with Crippen LogP contribution in [0.25, 0.3) is 11.0 Å². The van der Waals surface area contributed by atoms with Crippen LogP contribution in [-0.4, -0.2) is 26.0 Å². The van der Waals surface area contributed by atoms with Crippen LogP contribution in [0.5, 0.6) is 0 Å². The molecule has 0 fully saturated rings. The number of nitrogens with two attached hydrogens (primary N) is 1. The molecular formula is C14H12N4O2S. The van der Waals surface area contributed by atoms with Gasteiger partial charge in [0.25, 0.3) is 5.91 Å². The number of H-pyrrole nitrogens is 1. The predicted molar refractivity (Wildman–Crippen MR) is 78.9 cm³/mol. The monoisotopic (exact) mass is 300 g/mol. The van der Waals surface area contributed by atoms with Crippen LogP contribution >= 0.6 is 11.8 Å². The molecule has 4 N–H and O–H groups in total. The second-order valence-electron chi connectivity index (χ2n) is 4.38. The van der Waals surface area contributed by atoms with Gasteiger partial charge in [0, 0.05) is 11.1 Å². The fourth-order valence-corrected chi connectivity index (χ4v) is 3.01. The number of primary amides is 1. The van der Waals surface area contributed by atoms with Gasteiger partial charge in [0.05, 0.1) is 17.6 Å². The summed E-state index contributed by atoms with van der Waals surface area (Å²) in [6.07, 6.45) is 2.97. The molecule has 0 atom stereocenters. The van der Waals surface area contributed by atoms with Crippen molar-refractivity contribution < 1.29 is 9.90 Å². The Morgan fingerprint density at radius 3 is 3.00 bits per heavy atom. The summed E-state index contributed by atoms with van der Waals surface area (Å²) in [7, 11) is 0. The molecule has 0 aliphatic heterocycles. The van der Waals surface area contributed by atoms with Gasteiger partial charge >= 0.3 is 0 Å². The van der Waals surface area contributed by atoms with E-state index in [-0.39, 0.29) is 6.61 Å². The van der Waals surface area contributed by atoms with Crippen LogP contribution in [0.1, 0.15) is 15.9 Å². The molecule has 1 aromatic carbocycles. The number of nitrogens with zero attached hydrogens (tertiary/aromatic N) is 2. The number of nitrogens with one attached hydrogen (secondary N) is 1. The van der Waals surface area contributed by atoms with Gasteiger partial charge in [-0.3, -0.25) is 4.79 Å². The van der Waals surface area contributed by atoms with Gasteiger partial charge in [-0.1, -0.05) is 23.9 Å². The highest BCUT2D eigenvalue weighted by atomic mass is 32.2. The number of fused-ring (bicyclic) bond motifs is 1. The van der Waals surface area contributed by atoms with Gasteiger partial charge in [-0.05, 0) is 17.7 Å². The highest BCUT2D eigenvalue weighted by Crippen LogP contribution is 2.32. The lowest BCUT2D eigenvalue weighted by atomic mass is 10.2. The van der Waals surface area contributed by atoms with E-state index in [4.69, 9.17) is 5.73 Å². The molecule has 0 aliphatic carbocycles. The third-order valence-corrected chi connectivity index (χ3v) is 3.99. The zero-order valence-electron chi connectivity index (χ0n) is 10.9. The van der Waals surface area contributed by atoms with Crippen LogP contribution in [0.2, 0.25) is 0 Å². The summed E-state index contributed by atoms with van der Waals surface area (Å²) in [5.41, 5.74) is 7.13. The maximum Gasteiger partial charge on any atom is 0.251 e. The molecule has 6 nitrogen and oxygen atoms in total. The Morgan fingerprint density at radius 2 is 2.24 bits per heavy atom. The third-order valence-electron chi connectivity index (χ3n) is 3.00. The molecule has 0 aliphatic rings. The van der Waals surface area contributed by atoms with Crippen molar-refractivity contribution in [3.05, 3.63) is 47.9 Å². The van der Waals surface area contributed by atoms with E-state index in [0.29, 0.717) is 21.6 Å². The quantitative estimate of drug-likeness (QED) is 0.636. The summed E-state index contributed by atoms with van der Waals surface area (Å²) in [6, 6.07) is 7.48. The van der Waals surface area contributed by atoms with Crippen molar-refractivity contribution in [1.82, 2.24) is 15.0 Å². The fraction of sp³-hybridized carbons (Fsp3) is 0.0714. The van der Waals surface area contributed by atoms with E-state index in [1.54, 1.807) is 0 Å². The smallest absolute Gasteiger partial charge is 0.251 e. The van der Waals surface area contributed by atoms with Crippen molar-refractivity contribution in [2.45, 2.75) is 16.5 Å². The second kappa shape index (κ2) is 5.55. The minimum atomic E-state index is -0.526. The van der Waals surface area contributed by atoms with Crippen molar-refractivity contribution >= 4 is 28.7 Å². The summed E-state index contributed by atoms with van der Waals surface area (Å²) >= 11 is 1.39. The molecule has 0 unspecified atom stereocenters. The van der Waals surface area contributed by atoms with Crippen molar-refractivity contribution in [1.29, 1.82) is 0 Å². The van der Waals surface area contributed by atoms with E-state index >= 15 is 0 Å². The largest absolute Gasteiger partial charge is 0.392 e. The summed E-state index contributed by atoms with van der Waals surface area (Å²) in [4.78, 5) is 23.6. The number of hydrogen-bond acceptors (Lipinski definition) is 5. The summed E-state index contributed by atoms with van der Waals surface area (Å²) in [5, 5.41) is 10.4. The SMILES string of the molecule is NC(=O)c1c[nH]c2ncnc(Sc3cccc(CO)c3)c12. The third kappa shape index (κ3) is 2.61. The first-order valence-electron chi connectivity index (χ1n) is 6.18.